The number of rotatable bonds is 7. The molecule has 11 heteroatoms. The molecule has 1 fully saturated rings. The molecule has 1 atom stereocenters. The molecule has 3 heterocycles. The Morgan fingerprint density at radius 2 is 1.85 bits per heavy atom. The van der Waals surface area contributed by atoms with Crippen LogP contribution in [0.1, 0.15) is 51.4 Å². The lowest BCUT2D eigenvalue weighted by Gasteiger charge is -2.30. The van der Waals surface area contributed by atoms with Crippen LogP contribution in [-0.4, -0.2) is 66.8 Å². The van der Waals surface area contributed by atoms with Crippen molar-refractivity contribution >= 4 is 27.8 Å². The first-order valence-corrected chi connectivity index (χ1v) is 12.2. The summed E-state index contributed by atoms with van der Waals surface area (Å²) in [5.74, 6) is -1.57. The van der Waals surface area contributed by atoms with Gasteiger partial charge in [0.25, 0.3) is 11.8 Å². The van der Waals surface area contributed by atoms with Gasteiger partial charge in [0.2, 0.25) is 10.0 Å². The normalized spacial score (nSPS) is 19.1. The van der Waals surface area contributed by atoms with Crippen molar-refractivity contribution < 1.29 is 32.1 Å². The Balaban J connectivity index is 1.30. The van der Waals surface area contributed by atoms with Gasteiger partial charge in [-0.05, 0) is 45.2 Å². The van der Waals surface area contributed by atoms with E-state index in [0.29, 0.717) is 36.9 Å². The summed E-state index contributed by atoms with van der Waals surface area (Å²) >= 11 is 0. The quantitative estimate of drug-likeness (QED) is 0.338. The van der Waals surface area contributed by atoms with E-state index in [4.69, 9.17) is 9.26 Å². The van der Waals surface area contributed by atoms with Gasteiger partial charge in [0.15, 0.2) is 5.76 Å². The third-order valence-corrected chi connectivity index (χ3v) is 8.04. The second-order valence-electron chi connectivity index (χ2n) is 8.18. The van der Waals surface area contributed by atoms with Crippen LogP contribution in [0, 0.1) is 19.8 Å². The average Bonchev–Trinajstić information content (AvgIpc) is 3.27. The van der Waals surface area contributed by atoms with Crippen molar-refractivity contribution in [2.75, 3.05) is 26.2 Å². The number of imide groups is 1. The molecular weight excluding hydrogens is 450 g/mol. The van der Waals surface area contributed by atoms with Gasteiger partial charge in [0.05, 0.1) is 23.7 Å². The summed E-state index contributed by atoms with van der Waals surface area (Å²) in [6, 6.07) is 6.63. The van der Waals surface area contributed by atoms with Crippen LogP contribution in [0.15, 0.2) is 33.7 Å². The maximum atomic E-state index is 13.0. The first kappa shape index (κ1) is 23.1. The fourth-order valence-corrected chi connectivity index (χ4v) is 6.10. The fraction of sp³-hybridized carbons (Fsp3) is 0.455. The molecular formula is C22H25N3O7S. The molecule has 4 rings (SSSR count). The van der Waals surface area contributed by atoms with Crippen molar-refractivity contribution in [1.29, 1.82) is 0 Å². The highest BCUT2D eigenvalue weighted by Gasteiger charge is 2.37. The molecule has 1 saturated heterocycles. The molecule has 0 bridgehead atoms. The summed E-state index contributed by atoms with van der Waals surface area (Å²) in [5.41, 5.74) is 1.04. The summed E-state index contributed by atoms with van der Waals surface area (Å²) in [4.78, 5) is 38.5. The van der Waals surface area contributed by atoms with Gasteiger partial charge in [0.1, 0.15) is 10.6 Å². The lowest BCUT2D eigenvalue weighted by Crippen LogP contribution is -2.43. The lowest BCUT2D eigenvalue weighted by atomic mass is 10.00. The number of aryl methyl sites for hydroxylation is 2. The SMILES string of the molecule is Cc1noc(C)c1S(=O)(=O)N1CCCC(C(=O)OCCCN2C(=O)c3ccccc3C2=O)C1. The molecule has 2 aliphatic heterocycles. The van der Waals surface area contributed by atoms with Crippen LogP contribution in [0.3, 0.4) is 0 Å². The predicted molar refractivity (Wildman–Crippen MR) is 115 cm³/mol. The molecule has 1 unspecified atom stereocenters. The third kappa shape index (κ3) is 4.30. The second-order valence-corrected chi connectivity index (χ2v) is 10.1. The van der Waals surface area contributed by atoms with Gasteiger partial charge in [0, 0.05) is 19.6 Å². The number of fused-ring (bicyclic) bond motifs is 1. The maximum Gasteiger partial charge on any atom is 0.310 e. The Morgan fingerprint density at radius 1 is 1.18 bits per heavy atom. The maximum absolute atomic E-state index is 13.0. The van der Waals surface area contributed by atoms with E-state index < -0.39 is 21.9 Å². The zero-order valence-electron chi connectivity index (χ0n) is 18.4. The zero-order chi connectivity index (χ0) is 23.8. The standard InChI is InChI=1S/C22H25N3O7S/c1-14-19(15(2)32-23-14)33(29,30)24-10-5-7-16(13-24)22(28)31-12-6-11-25-20(26)17-8-3-4-9-18(17)21(25)27/h3-4,8-9,16H,5-7,10-13H2,1-2H3. The molecule has 1 aromatic carbocycles. The number of amides is 2. The highest BCUT2D eigenvalue weighted by Crippen LogP contribution is 2.28. The largest absolute Gasteiger partial charge is 0.465 e. The number of hydrogen-bond donors (Lipinski definition) is 0. The Labute approximate surface area is 191 Å². The molecule has 2 amide bonds. The molecule has 0 N–H and O–H groups in total. The Morgan fingerprint density at radius 3 is 2.45 bits per heavy atom. The van der Waals surface area contributed by atoms with Crippen LogP contribution in [0.4, 0.5) is 0 Å². The summed E-state index contributed by atoms with van der Waals surface area (Å²) in [6.07, 6.45) is 1.34. The highest BCUT2D eigenvalue weighted by molar-refractivity contribution is 7.89. The van der Waals surface area contributed by atoms with E-state index in [2.05, 4.69) is 5.16 Å². The molecule has 1 aromatic heterocycles. The molecule has 0 aliphatic carbocycles. The van der Waals surface area contributed by atoms with Crippen molar-refractivity contribution in [3.63, 3.8) is 0 Å². The van der Waals surface area contributed by atoms with E-state index in [1.54, 1.807) is 31.2 Å². The van der Waals surface area contributed by atoms with Crippen LogP contribution >= 0.6 is 0 Å². The van der Waals surface area contributed by atoms with E-state index in [9.17, 15) is 22.8 Å². The summed E-state index contributed by atoms with van der Waals surface area (Å²) < 4.78 is 37.7. The monoisotopic (exact) mass is 475 g/mol. The molecule has 0 radical (unpaired) electrons. The number of carbonyl (C=O) groups is 3. The molecule has 0 saturated carbocycles. The fourth-order valence-electron chi connectivity index (χ4n) is 4.28. The highest BCUT2D eigenvalue weighted by atomic mass is 32.2. The van der Waals surface area contributed by atoms with Gasteiger partial charge < -0.3 is 9.26 Å². The first-order valence-electron chi connectivity index (χ1n) is 10.8. The van der Waals surface area contributed by atoms with Gasteiger partial charge in [-0.25, -0.2) is 8.42 Å². The molecule has 0 spiro atoms. The number of nitrogens with zero attached hydrogens (tertiary/aromatic N) is 3. The van der Waals surface area contributed by atoms with E-state index >= 15 is 0 Å². The van der Waals surface area contributed by atoms with E-state index in [-0.39, 0.29) is 47.9 Å². The Hall–Kier alpha value is -3.05. The van der Waals surface area contributed by atoms with Crippen LogP contribution in [0.5, 0.6) is 0 Å². The van der Waals surface area contributed by atoms with Gasteiger partial charge in [-0.1, -0.05) is 17.3 Å². The van der Waals surface area contributed by atoms with Gasteiger partial charge in [-0.3, -0.25) is 19.3 Å². The number of esters is 1. The van der Waals surface area contributed by atoms with Gasteiger partial charge in [-0.15, -0.1) is 0 Å². The number of carbonyl (C=O) groups excluding carboxylic acids is 3. The van der Waals surface area contributed by atoms with Crippen LogP contribution in [0.2, 0.25) is 0 Å². The van der Waals surface area contributed by atoms with E-state index in [1.165, 1.54) is 11.2 Å². The van der Waals surface area contributed by atoms with E-state index in [1.807, 2.05) is 0 Å². The molecule has 10 nitrogen and oxygen atoms in total. The Kier molecular flexibility index (Phi) is 6.35. The van der Waals surface area contributed by atoms with Crippen molar-refractivity contribution in [1.82, 2.24) is 14.4 Å². The number of hydrogen-bond acceptors (Lipinski definition) is 8. The Bertz CT molecular complexity index is 1150. The topological polar surface area (TPSA) is 127 Å². The third-order valence-electron chi connectivity index (χ3n) is 5.93. The number of sulfonamides is 1. The minimum atomic E-state index is -3.83. The number of ether oxygens (including phenoxy) is 1. The molecule has 2 aromatic rings. The van der Waals surface area contributed by atoms with Crippen molar-refractivity contribution in [2.45, 2.75) is 38.0 Å². The van der Waals surface area contributed by atoms with Crippen molar-refractivity contribution in [3.05, 3.63) is 46.8 Å². The zero-order valence-corrected chi connectivity index (χ0v) is 19.3. The number of benzene rings is 1. The minimum Gasteiger partial charge on any atom is -0.465 e. The summed E-state index contributed by atoms with van der Waals surface area (Å²) in [5, 5.41) is 3.71. The van der Waals surface area contributed by atoms with Crippen molar-refractivity contribution in [3.8, 4) is 0 Å². The average molecular weight is 476 g/mol. The van der Waals surface area contributed by atoms with Crippen LogP contribution in [0.25, 0.3) is 0 Å². The second kappa shape index (κ2) is 9.06. The smallest absolute Gasteiger partial charge is 0.310 e. The first-order chi connectivity index (χ1) is 15.7. The minimum absolute atomic E-state index is 0.0175. The molecule has 33 heavy (non-hydrogen) atoms. The number of aromatic nitrogens is 1. The summed E-state index contributed by atoms with van der Waals surface area (Å²) in [7, 11) is -3.83. The molecule has 2 aliphatic rings. The van der Waals surface area contributed by atoms with Gasteiger partial charge in [-0.2, -0.15) is 4.31 Å². The summed E-state index contributed by atoms with van der Waals surface area (Å²) in [6.45, 7) is 3.58. The number of piperidine rings is 1. The predicted octanol–water partition coefficient (Wildman–Crippen LogP) is 1.92. The van der Waals surface area contributed by atoms with Crippen molar-refractivity contribution in [2.24, 2.45) is 5.92 Å². The van der Waals surface area contributed by atoms with Gasteiger partial charge >= 0.3 is 5.97 Å². The molecule has 176 valence electrons. The lowest BCUT2D eigenvalue weighted by molar-refractivity contribution is -0.149. The van der Waals surface area contributed by atoms with Crippen LogP contribution in [-0.2, 0) is 19.6 Å². The van der Waals surface area contributed by atoms with E-state index in [0.717, 1.165) is 4.90 Å². The van der Waals surface area contributed by atoms with Crippen LogP contribution < -0.4 is 0 Å².